The van der Waals surface area contributed by atoms with E-state index in [-0.39, 0.29) is 35.3 Å². The van der Waals surface area contributed by atoms with Crippen molar-refractivity contribution >= 4 is 36.2 Å². The summed E-state index contributed by atoms with van der Waals surface area (Å²) in [6.07, 6.45) is 1.12. The van der Waals surface area contributed by atoms with E-state index in [1.807, 2.05) is 0 Å². The summed E-state index contributed by atoms with van der Waals surface area (Å²) in [6.45, 7) is 1.63. The highest BCUT2D eigenvalue weighted by Crippen LogP contribution is 2.17. The van der Waals surface area contributed by atoms with Crippen LogP contribution in [0.15, 0.2) is 48.5 Å². The molecule has 5 N–H and O–H groups in total. The number of hydrogen-bond donors (Lipinski definition) is 5. The number of aromatic carboxylic acids is 2. The van der Waals surface area contributed by atoms with Gasteiger partial charge in [0.25, 0.3) is 0 Å². The van der Waals surface area contributed by atoms with Gasteiger partial charge in [0.2, 0.25) is 11.8 Å². The third-order valence-electron chi connectivity index (χ3n) is 5.72. The highest BCUT2D eigenvalue weighted by Gasteiger charge is 2.37. The van der Waals surface area contributed by atoms with Crippen LogP contribution in [0, 0.1) is 11.8 Å². The van der Waals surface area contributed by atoms with Crippen LogP contribution in [0.25, 0.3) is 0 Å². The molecule has 0 aromatic heterocycles. The molecule has 1 fully saturated rings. The Morgan fingerprint density at radius 1 is 0.706 bits per heavy atom. The predicted molar refractivity (Wildman–Crippen MR) is 127 cm³/mol. The Morgan fingerprint density at radius 2 is 1.06 bits per heavy atom. The third kappa shape index (κ3) is 7.29. The van der Waals surface area contributed by atoms with E-state index in [1.54, 1.807) is 24.3 Å². The quantitative estimate of drug-likeness (QED) is 0.339. The molecule has 9 nitrogen and oxygen atoms in total. The fourth-order valence-electron chi connectivity index (χ4n) is 3.78. The van der Waals surface area contributed by atoms with Crippen molar-refractivity contribution in [2.24, 2.45) is 11.8 Å². The molecule has 0 aliphatic carbocycles. The molecule has 1 saturated heterocycles. The minimum absolute atomic E-state index is 0. The standard InChI is InChI=1S/C24H27N3O6.ClH/c28-21(26-11-9-15-1-5-17(6-2-15)23(30)31)19-13-25-14-20(19)22(29)27-12-10-16-3-7-18(8-4-16)24(32)33;/h1-8,19-20,25H,9-14H2,(H,26,28)(H,27,29)(H,30,31)(H,32,33);1H/t19-,20-;/m1./s1. The van der Waals surface area contributed by atoms with Gasteiger partial charge in [-0.2, -0.15) is 0 Å². The van der Waals surface area contributed by atoms with Crippen LogP contribution < -0.4 is 16.0 Å². The van der Waals surface area contributed by atoms with E-state index in [9.17, 15) is 19.2 Å². The van der Waals surface area contributed by atoms with Crippen molar-refractivity contribution in [1.82, 2.24) is 16.0 Å². The van der Waals surface area contributed by atoms with E-state index in [1.165, 1.54) is 24.3 Å². The highest BCUT2D eigenvalue weighted by atomic mass is 35.5. The van der Waals surface area contributed by atoms with Gasteiger partial charge in [-0.05, 0) is 48.2 Å². The molecule has 182 valence electrons. The highest BCUT2D eigenvalue weighted by molar-refractivity contribution is 5.89. The lowest BCUT2D eigenvalue weighted by molar-refractivity contribution is -0.132. The number of carboxylic acids is 2. The first kappa shape index (κ1) is 26.8. The summed E-state index contributed by atoms with van der Waals surface area (Å²) in [7, 11) is 0. The number of halogens is 1. The zero-order valence-electron chi connectivity index (χ0n) is 18.5. The van der Waals surface area contributed by atoms with Crippen molar-refractivity contribution in [3.63, 3.8) is 0 Å². The molecule has 10 heteroatoms. The Balaban J connectivity index is 0.00000408. The number of carbonyl (C=O) groups is 4. The van der Waals surface area contributed by atoms with Gasteiger partial charge in [0.05, 0.1) is 23.0 Å². The number of hydrogen-bond acceptors (Lipinski definition) is 5. The smallest absolute Gasteiger partial charge is 0.335 e. The van der Waals surface area contributed by atoms with E-state index in [0.717, 1.165) is 11.1 Å². The average Bonchev–Trinajstić information content (AvgIpc) is 3.30. The van der Waals surface area contributed by atoms with Crippen LogP contribution >= 0.6 is 12.4 Å². The van der Waals surface area contributed by atoms with Gasteiger partial charge in [-0.1, -0.05) is 24.3 Å². The van der Waals surface area contributed by atoms with E-state index in [2.05, 4.69) is 16.0 Å². The van der Waals surface area contributed by atoms with Gasteiger partial charge in [0.15, 0.2) is 0 Å². The summed E-state index contributed by atoms with van der Waals surface area (Å²) in [5.74, 6) is -3.27. The summed E-state index contributed by atoms with van der Waals surface area (Å²) in [4.78, 5) is 47.1. The molecule has 2 atom stereocenters. The summed E-state index contributed by atoms with van der Waals surface area (Å²) in [5, 5.41) is 26.7. The van der Waals surface area contributed by atoms with Crippen molar-refractivity contribution < 1.29 is 29.4 Å². The molecule has 0 unspecified atom stereocenters. The number of carbonyl (C=O) groups excluding carboxylic acids is 2. The molecule has 3 rings (SSSR count). The lowest BCUT2D eigenvalue weighted by Gasteiger charge is -2.18. The first-order valence-electron chi connectivity index (χ1n) is 10.8. The second-order valence-electron chi connectivity index (χ2n) is 7.96. The Hall–Kier alpha value is -3.43. The van der Waals surface area contributed by atoms with Crippen LogP contribution in [0.3, 0.4) is 0 Å². The summed E-state index contributed by atoms with van der Waals surface area (Å²) >= 11 is 0. The van der Waals surface area contributed by atoms with Crippen LogP contribution in [0.4, 0.5) is 0 Å². The van der Waals surface area contributed by atoms with Crippen molar-refractivity contribution in [2.75, 3.05) is 26.2 Å². The molecule has 0 spiro atoms. The van der Waals surface area contributed by atoms with Gasteiger partial charge in [-0.25, -0.2) is 9.59 Å². The van der Waals surface area contributed by atoms with E-state index in [0.29, 0.717) is 39.0 Å². The topological polar surface area (TPSA) is 145 Å². The maximum Gasteiger partial charge on any atom is 0.335 e. The Morgan fingerprint density at radius 3 is 1.38 bits per heavy atom. The van der Waals surface area contributed by atoms with Gasteiger partial charge in [-0.15, -0.1) is 12.4 Å². The minimum Gasteiger partial charge on any atom is -0.478 e. The third-order valence-corrected chi connectivity index (χ3v) is 5.72. The molecule has 2 amide bonds. The van der Waals surface area contributed by atoms with Crippen LogP contribution in [0.1, 0.15) is 31.8 Å². The molecule has 0 saturated carbocycles. The zero-order chi connectivity index (χ0) is 23.8. The molecule has 34 heavy (non-hydrogen) atoms. The minimum atomic E-state index is -0.982. The molecule has 1 aliphatic rings. The number of benzene rings is 2. The Kier molecular flexibility index (Phi) is 10.0. The molecular formula is C24H28ClN3O6. The van der Waals surface area contributed by atoms with Crippen LogP contribution in [-0.4, -0.2) is 60.1 Å². The van der Waals surface area contributed by atoms with Crippen molar-refractivity contribution in [3.8, 4) is 0 Å². The number of amides is 2. The van der Waals surface area contributed by atoms with Gasteiger partial charge in [0, 0.05) is 26.2 Å². The van der Waals surface area contributed by atoms with Crippen LogP contribution in [0.5, 0.6) is 0 Å². The van der Waals surface area contributed by atoms with E-state index < -0.39 is 23.8 Å². The maximum absolute atomic E-state index is 12.6. The van der Waals surface area contributed by atoms with Crippen LogP contribution in [0.2, 0.25) is 0 Å². The summed E-state index contributed by atoms with van der Waals surface area (Å²) < 4.78 is 0. The second-order valence-corrected chi connectivity index (χ2v) is 7.96. The van der Waals surface area contributed by atoms with Gasteiger partial charge in [0.1, 0.15) is 0 Å². The molecule has 1 aliphatic heterocycles. The molecule has 2 aromatic rings. The molecular weight excluding hydrogens is 462 g/mol. The van der Waals surface area contributed by atoms with Gasteiger partial charge < -0.3 is 26.2 Å². The van der Waals surface area contributed by atoms with E-state index in [4.69, 9.17) is 10.2 Å². The van der Waals surface area contributed by atoms with Crippen LogP contribution in [-0.2, 0) is 22.4 Å². The maximum atomic E-state index is 12.6. The lowest BCUT2D eigenvalue weighted by atomic mass is 9.94. The zero-order valence-corrected chi connectivity index (χ0v) is 19.3. The fourth-order valence-corrected chi connectivity index (χ4v) is 3.78. The fraction of sp³-hybridized carbons (Fsp3) is 0.333. The summed E-state index contributed by atoms with van der Waals surface area (Å²) in [6, 6.07) is 13.0. The molecule has 0 radical (unpaired) electrons. The normalized spacial score (nSPS) is 16.8. The van der Waals surface area contributed by atoms with Gasteiger partial charge >= 0.3 is 11.9 Å². The van der Waals surface area contributed by atoms with Crippen molar-refractivity contribution in [3.05, 3.63) is 70.8 Å². The first-order valence-corrected chi connectivity index (χ1v) is 10.8. The van der Waals surface area contributed by atoms with Gasteiger partial charge in [-0.3, -0.25) is 9.59 Å². The summed E-state index contributed by atoms with van der Waals surface area (Å²) in [5.41, 5.74) is 2.25. The lowest BCUT2D eigenvalue weighted by Crippen LogP contribution is -2.42. The Labute approximate surface area is 203 Å². The monoisotopic (exact) mass is 489 g/mol. The molecule has 2 aromatic carbocycles. The largest absolute Gasteiger partial charge is 0.478 e. The average molecular weight is 490 g/mol. The van der Waals surface area contributed by atoms with Crippen molar-refractivity contribution in [1.29, 1.82) is 0 Å². The SMILES string of the molecule is Cl.O=C(O)c1ccc(CCNC(=O)[C@@H]2CNC[C@H]2C(=O)NCCc2ccc(C(=O)O)cc2)cc1. The Bertz CT molecular complexity index is 929. The molecule has 0 bridgehead atoms. The number of nitrogens with one attached hydrogen (secondary N) is 3. The number of rotatable bonds is 10. The second kappa shape index (κ2) is 12.7. The van der Waals surface area contributed by atoms with E-state index >= 15 is 0 Å². The predicted octanol–water partition coefficient (Wildman–Crippen LogP) is 1.36. The molecule has 1 heterocycles. The number of carboxylic acid groups (broad SMARTS) is 2. The van der Waals surface area contributed by atoms with Crippen molar-refractivity contribution in [2.45, 2.75) is 12.8 Å². The first-order chi connectivity index (χ1) is 15.8.